The Balaban J connectivity index is 1.94. The minimum atomic E-state index is -3.01. The molecule has 2 heterocycles. The Bertz CT molecular complexity index is 719. The maximum absolute atomic E-state index is 11.4. The molecule has 102 valence electrons. The van der Waals surface area contributed by atoms with Crippen LogP contribution in [0.25, 0.3) is 11.0 Å². The van der Waals surface area contributed by atoms with Crippen LogP contribution in [0.3, 0.4) is 0 Å². The lowest BCUT2D eigenvalue weighted by atomic mass is 10.00. The standard InChI is InChI=1S/C13H13ClO4S/c14-10-3-1-2-8-6-11(18-13(8)10)12(15)9-4-5-19(16,17)7-9/h1-3,6,9,12,15H,4-5,7H2. The molecule has 2 aromatic rings. The number of hydrogen-bond acceptors (Lipinski definition) is 4. The van der Waals surface area contributed by atoms with Gasteiger partial charge in [-0.3, -0.25) is 0 Å². The van der Waals surface area contributed by atoms with Crippen LogP contribution >= 0.6 is 11.6 Å². The maximum atomic E-state index is 11.4. The molecule has 4 nitrogen and oxygen atoms in total. The van der Waals surface area contributed by atoms with Crippen molar-refractivity contribution in [2.45, 2.75) is 12.5 Å². The van der Waals surface area contributed by atoms with Crippen LogP contribution in [-0.4, -0.2) is 25.0 Å². The van der Waals surface area contributed by atoms with Gasteiger partial charge in [0.25, 0.3) is 0 Å². The molecule has 2 atom stereocenters. The molecule has 19 heavy (non-hydrogen) atoms. The quantitative estimate of drug-likeness (QED) is 0.925. The van der Waals surface area contributed by atoms with Crippen molar-refractivity contribution in [3.05, 3.63) is 35.0 Å². The van der Waals surface area contributed by atoms with Crippen molar-refractivity contribution in [2.24, 2.45) is 5.92 Å². The Hall–Kier alpha value is -1.04. The first-order chi connectivity index (χ1) is 8.96. The van der Waals surface area contributed by atoms with E-state index in [4.69, 9.17) is 16.0 Å². The lowest BCUT2D eigenvalue weighted by Crippen LogP contribution is -2.13. The third-order valence-corrected chi connectivity index (χ3v) is 5.61. The molecule has 1 saturated heterocycles. The second kappa shape index (κ2) is 4.51. The van der Waals surface area contributed by atoms with Crippen LogP contribution in [-0.2, 0) is 9.84 Å². The van der Waals surface area contributed by atoms with Gasteiger partial charge in [0.15, 0.2) is 15.4 Å². The van der Waals surface area contributed by atoms with Gasteiger partial charge in [0.05, 0.1) is 16.5 Å². The second-order valence-electron chi connectivity index (χ2n) is 4.91. The SMILES string of the molecule is O=S1(=O)CCC(C(O)c2cc3cccc(Cl)c3o2)C1. The molecule has 6 heteroatoms. The normalized spacial score (nSPS) is 23.8. The van der Waals surface area contributed by atoms with Crippen molar-refractivity contribution < 1.29 is 17.9 Å². The molecular formula is C13H13ClO4S. The summed E-state index contributed by atoms with van der Waals surface area (Å²) in [7, 11) is -3.01. The Morgan fingerprint density at radius 2 is 2.21 bits per heavy atom. The fourth-order valence-corrected chi connectivity index (χ4v) is 4.55. The van der Waals surface area contributed by atoms with E-state index in [0.29, 0.717) is 22.8 Å². The average molecular weight is 301 g/mol. The van der Waals surface area contributed by atoms with Crippen molar-refractivity contribution in [1.29, 1.82) is 0 Å². The molecule has 1 N–H and O–H groups in total. The van der Waals surface area contributed by atoms with E-state index in [1.54, 1.807) is 18.2 Å². The average Bonchev–Trinajstić information content (AvgIpc) is 2.92. The molecule has 0 bridgehead atoms. The molecule has 0 radical (unpaired) electrons. The van der Waals surface area contributed by atoms with Gasteiger partial charge in [-0.15, -0.1) is 0 Å². The van der Waals surface area contributed by atoms with Crippen LogP contribution in [0, 0.1) is 5.92 Å². The fourth-order valence-electron chi connectivity index (χ4n) is 2.50. The highest BCUT2D eigenvalue weighted by Crippen LogP contribution is 2.35. The molecule has 3 rings (SSSR count). The number of aliphatic hydroxyl groups excluding tert-OH is 1. The van der Waals surface area contributed by atoms with Crippen LogP contribution in [0.1, 0.15) is 18.3 Å². The predicted molar refractivity (Wildman–Crippen MR) is 72.9 cm³/mol. The molecule has 0 amide bonds. The Labute approximate surface area is 115 Å². The summed E-state index contributed by atoms with van der Waals surface area (Å²) in [5.41, 5.74) is 0.527. The van der Waals surface area contributed by atoms with E-state index < -0.39 is 15.9 Å². The van der Waals surface area contributed by atoms with E-state index in [9.17, 15) is 13.5 Å². The molecular weight excluding hydrogens is 288 g/mol. The zero-order valence-electron chi connectivity index (χ0n) is 10.0. The number of para-hydroxylation sites is 1. The van der Waals surface area contributed by atoms with Gasteiger partial charge in [0, 0.05) is 11.3 Å². The van der Waals surface area contributed by atoms with E-state index in [1.807, 2.05) is 6.07 Å². The number of furan rings is 1. The number of aliphatic hydroxyl groups is 1. The summed E-state index contributed by atoms with van der Waals surface area (Å²) in [6.45, 7) is 0. The molecule has 1 aromatic carbocycles. The van der Waals surface area contributed by atoms with E-state index in [0.717, 1.165) is 5.39 Å². The molecule has 0 aliphatic carbocycles. The summed E-state index contributed by atoms with van der Waals surface area (Å²) in [6.07, 6.45) is -0.436. The molecule has 1 aromatic heterocycles. The zero-order valence-corrected chi connectivity index (χ0v) is 11.6. The Kier molecular flexibility index (Phi) is 3.08. The van der Waals surface area contributed by atoms with Gasteiger partial charge in [-0.05, 0) is 18.6 Å². The Morgan fingerprint density at radius 3 is 2.84 bits per heavy atom. The van der Waals surface area contributed by atoms with E-state index >= 15 is 0 Å². The van der Waals surface area contributed by atoms with Gasteiger partial charge >= 0.3 is 0 Å². The van der Waals surface area contributed by atoms with Crippen molar-refractivity contribution in [3.8, 4) is 0 Å². The first kappa shape index (κ1) is 13.0. The molecule has 2 unspecified atom stereocenters. The lowest BCUT2D eigenvalue weighted by molar-refractivity contribution is 0.0991. The van der Waals surface area contributed by atoms with Crippen LogP contribution in [0.5, 0.6) is 0 Å². The van der Waals surface area contributed by atoms with E-state index in [-0.39, 0.29) is 17.4 Å². The lowest BCUT2D eigenvalue weighted by Gasteiger charge is -2.13. The summed E-state index contributed by atoms with van der Waals surface area (Å²) in [5, 5.41) is 11.5. The summed E-state index contributed by atoms with van der Waals surface area (Å²) in [6, 6.07) is 7.07. The van der Waals surface area contributed by atoms with Crippen molar-refractivity contribution in [3.63, 3.8) is 0 Å². The number of benzene rings is 1. The van der Waals surface area contributed by atoms with Gasteiger partial charge in [-0.1, -0.05) is 23.7 Å². The fraction of sp³-hybridized carbons (Fsp3) is 0.385. The highest BCUT2D eigenvalue weighted by Gasteiger charge is 2.35. The highest BCUT2D eigenvalue weighted by atomic mass is 35.5. The first-order valence-corrected chi connectivity index (χ1v) is 8.23. The second-order valence-corrected chi connectivity index (χ2v) is 7.55. The Morgan fingerprint density at radius 1 is 1.42 bits per heavy atom. The van der Waals surface area contributed by atoms with Gasteiger partial charge in [0.2, 0.25) is 0 Å². The largest absolute Gasteiger partial charge is 0.457 e. The first-order valence-electron chi connectivity index (χ1n) is 6.03. The number of halogens is 1. The number of hydrogen-bond donors (Lipinski definition) is 1. The predicted octanol–water partition coefficient (Wildman–Crippen LogP) is 2.55. The van der Waals surface area contributed by atoms with E-state index in [1.165, 1.54) is 0 Å². The van der Waals surface area contributed by atoms with Crippen LogP contribution in [0.15, 0.2) is 28.7 Å². The van der Waals surface area contributed by atoms with E-state index in [2.05, 4.69) is 0 Å². The topological polar surface area (TPSA) is 67.5 Å². The molecule has 1 aliphatic heterocycles. The minimum absolute atomic E-state index is 0.0128. The number of fused-ring (bicyclic) bond motifs is 1. The third-order valence-electron chi connectivity index (χ3n) is 3.52. The number of sulfone groups is 1. The maximum Gasteiger partial charge on any atom is 0.152 e. The monoisotopic (exact) mass is 300 g/mol. The zero-order chi connectivity index (χ0) is 13.6. The molecule has 1 fully saturated rings. The minimum Gasteiger partial charge on any atom is -0.457 e. The van der Waals surface area contributed by atoms with Gasteiger partial charge < -0.3 is 9.52 Å². The number of rotatable bonds is 2. The van der Waals surface area contributed by atoms with Crippen LogP contribution in [0.2, 0.25) is 5.02 Å². The van der Waals surface area contributed by atoms with Crippen molar-refractivity contribution in [1.82, 2.24) is 0 Å². The summed E-state index contributed by atoms with van der Waals surface area (Å²) >= 11 is 6.01. The summed E-state index contributed by atoms with van der Waals surface area (Å²) in [4.78, 5) is 0. The van der Waals surface area contributed by atoms with Gasteiger partial charge in [-0.2, -0.15) is 0 Å². The molecule has 1 aliphatic rings. The van der Waals surface area contributed by atoms with Gasteiger partial charge in [-0.25, -0.2) is 8.42 Å². The van der Waals surface area contributed by atoms with Crippen molar-refractivity contribution in [2.75, 3.05) is 11.5 Å². The van der Waals surface area contributed by atoms with Gasteiger partial charge in [0.1, 0.15) is 11.9 Å². The van der Waals surface area contributed by atoms with Crippen LogP contribution < -0.4 is 0 Å². The van der Waals surface area contributed by atoms with Crippen LogP contribution in [0.4, 0.5) is 0 Å². The molecule has 0 spiro atoms. The third kappa shape index (κ3) is 2.38. The summed E-state index contributed by atoms with van der Waals surface area (Å²) in [5.74, 6) is 0.226. The summed E-state index contributed by atoms with van der Waals surface area (Å²) < 4.78 is 28.4. The molecule has 0 saturated carbocycles. The smallest absolute Gasteiger partial charge is 0.152 e. The highest BCUT2D eigenvalue weighted by molar-refractivity contribution is 7.91. The van der Waals surface area contributed by atoms with Crippen molar-refractivity contribution >= 4 is 32.4 Å².